The lowest BCUT2D eigenvalue weighted by Gasteiger charge is -1.88. The van der Waals surface area contributed by atoms with Gasteiger partial charge in [-0.05, 0) is 30.9 Å². The number of rotatable bonds is 2. The summed E-state index contributed by atoms with van der Waals surface area (Å²) in [5.74, 6) is 0. The predicted molar refractivity (Wildman–Crippen MR) is 52.0 cm³/mol. The molecule has 0 atom stereocenters. The first-order valence-electron chi connectivity index (χ1n) is 3.44. The fraction of sp³-hybridized carbons (Fsp3) is 0.222. The second kappa shape index (κ2) is 3.49. The third-order valence-electron chi connectivity index (χ3n) is 1.26. The maximum atomic E-state index is 4.25. The lowest BCUT2D eigenvalue weighted by atomic mass is 10.4. The van der Waals surface area contributed by atoms with Gasteiger partial charge in [0, 0.05) is 11.1 Å². The van der Waals surface area contributed by atoms with Gasteiger partial charge in [-0.1, -0.05) is 6.58 Å². The average molecular weight is 165 g/mol. The highest BCUT2D eigenvalue weighted by molar-refractivity contribution is 7.10. The van der Waals surface area contributed by atoms with Crippen LogP contribution in [0.1, 0.15) is 11.8 Å². The van der Waals surface area contributed by atoms with Crippen molar-refractivity contribution in [1.29, 1.82) is 0 Å². The summed E-state index contributed by atoms with van der Waals surface area (Å²) >= 11 is 1.71. The van der Waals surface area contributed by atoms with Crippen molar-refractivity contribution in [3.63, 3.8) is 0 Å². The van der Waals surface area contributed by atoms with E-state index in [9.17, 15) is 0 Å². The first-order chi connectivity index (χ1) is 5.20. The Hall–Kier alpha value is -0.890. The molecule has 0 aliphatic rings. The molecule has 0 saturated carbocycles. The Balaban J connectivity index is 2.79. The van der Waals surface area contributed by atoms with Crippen LogP contribution in [0.15, 0.2) is 28.6 Å². The summed E-state index contributed by atoms with van der Waals surface area (Å²) in [6.07, 6.45) is 1.79. The van der Waals surface area contributed by atoms with Gasteiger partial charge < -0.3 is 0 Å². The highest BCUT2D eigenvalue weighted by atomic mass is 32.1. The number of thiophene rings is 1. The maximum absolute atomic E-state index is 4.25. The molecule has 0 N–H and O–H groups in total. The Labute approximate surface area is 71.1 Å². The minimum atomic E-state index is 0.982. The number of hydrogen-bond acceptors (Lipinski definition) is 2. The fourth-order valence-corrected chi connectivity index (χ4v) is 1.33. The molecule has 11 heavy (non-hydrogen) atoms. The molecule has 0 aliphatic heterocycles. The second-order valence-corrected chi connectivity index (χ2v) is 3.59. The molecule has 0 amide bonds. The minimum Gasteiger partial charge on any atom is -0.255 e. The van der Waals surface area contributed by atoms with E-state index in [1.807, 2.05) is 18.4 Å². The Morgan fingerprint density at radius 3 is 2.91 bits per heavy atom. The second-order valence-electron chi connectivity index (χ2n) is 2.47. The third-order valence-corrected chi connectivity index (χ3v) is 2.09. The summed E-state index contributed by atoms with van der Waals surface area (Å²) in [4.78, 5) is 5.50. The molecule has 0 fully saturated rings. The van der Waals surface area contributed by atoms with Crippen LogP contribution in [0.2, 0.25) is 0 Å². The van der Waals surface area contributed by atoms with Gasteiger partial charge in [-0.15, -0.1) is 11.3 Å². The Morgan fingerprint density at radius 1 is 1.73 bits per heavy atom. The van der Waals surface area contributed by atoms with Crippen molar-refractivity contribution in [1.82, 2.24) is 0 Å². The van der Waals surface area contributed by atoms with E-state index in [-0.39, 0.29) is 0 Å². The van der Waals surface area contributed by atoms with E-state index in [4.69, 9.17) is 0 Å². The summed E-state index contributed by atoms with van der Waals surface area (Å²) < 4.78 is 0. The molecule has 1 rings (SSSR count). The molecule has 1 nitrogen and oxygen atoms in total. The van der Waals surface area contributed by atoms with Crippen LogP contribution in [0.4, 0.5) is 5.69 Å². The van der Waals surface area contributed by atoms with E-state index in [1.165, 1.54) is 4.88 Å². The first kappa shape index (κ1) is 8.21. The van der Waals surface area contributed by atoms with Crippen LogP contribution in [0.5, 0.6) is 0 Å². The largest absolute Gasteiger partial charge is 0.255 e. The molecular formula is C9H11NS. The number of aliphatic imine (C=N–C) groups is 1. The third kappa shape index (κ3) is 2.31. The standard InChI is InChI=1S/C9H11NS/c1-7(2)6-10-9-4-5-11-8(9)3/h4-6H,1H2,2-3H3. The SMILES string of the molecule is C=C(C)C=Nc1ccsc1C. The summed E-state index contributed by atoms with van der Waals surface area (Å²) in [6, 6.07) is 2.01. The zero-order valence-electron chi connectivity index (χ0n) is 6.79. The highest BCUT2D eigenvalue weighted by Gasteiger charge is 1.93. The van der Waals surface area contributed by atoms with E-state index in [2.05, 4.69) is 18.5 Å². The Bertz CT molecular complexity index is 284. The van der Waals surface area contributed by atoms with E-state index in [0.29, 0.717) is 0 Å². The molecule has 0 spiro atoms. The lowest BCUT2D eigenvalue weighted by Crippen LogP contribution is -1.71. The number of nitrogens with zero attached hydrogens (tertiary/aromatic N) is 1. The molecule has 2 heteroatoms. The molecule has 0 aliphatic carbocycles. The molecule has 0 aromatic carbocycles. The average Bonchev–Trinajstić information content (AvgIpc) is 2.31. The first-order valence-corrected chi connectivity index (χ1v) is 4.32. The van der Waals surface area contributed by atoms with Crippen LogP contribution in [-0.4, -0.2) is 6.21 Å². The highest BCUT2D eigenvalue weighted by Crippen LogP contribution is 2.23. The van der Waals surface area contributed by atoms with Gasteiger partial charge in [0.15, 0.2) is 0 Å². The van der Waals surface area contributed by atoms with Crippen molar-refractivity contribution >= 4 is 23.2 Å². The summed E-state index contributed by atoms with van der Waals surface area (Å²) in [5, 5.41) is 2.04. The van der Waals surface area contributed by atoms with Gasteiger partial charge in [0.25, 0.3) is 0 Å². The number of allylic oxidation sites excluding steroid dienone is 1. The zero-order valence-corrected chi connectivity index (χ0v) is 7.61. The van der Waals surface area contributed by atoms with Gasteiger partial charge in [0.2, 0.25) is 0 Å². The van der Waals surface area contributed by atoms with Crippen LogP contribution in [0, 0.1) is 6.92 Å². The van der Waals surface area contributed by atoms with Crippen molar-refractivity contribution < 1.29 is 0 Å². The van der Waals surface area contributed by atoms with Crippen molar-refractivity contribution in [2.75, 3.05) is 0 Å². The molecule has 0 bridgehead atoms. The lowest BCUT2D eigenvalue weighted by molar-refractivity contribution is 1.49. The van der Waals surface area contributed by atoms with E-state index >= 15 is 0 Å². The predicted octanol–water partition coefficient (Wildman–Crippen LogP) is 3.33. The molecule has 0 unspecified atom stereocenters. The van der Waals surface area contributed by atoms with Gasteiger partial charge in [-0.25, -0.2) is 0 Å². The summed E-state index contributed by atoms with van der Waals surface area (Å²) in [5.41, 5.74) is 2.04. The summed E-state index contributed by atoms with van der Waals surface area (Å²) in [6.45, 7) is 7.74. The van der Waals surface area contributed by atoms with Crippen LogP contribution >= 0.6 is 11.3 Å². The van der Waals surface area contributed by atoms with Gasteiger partial charge in [0.05, 0.1) is 5.69 Å². The van der Waals surface area contributed by atoms with Crippen molar-refractivity contribution in [3.05, 3.63) is 28.5 Å². The number of aryl methyl sites for hydroxylation is 1. The van der Waals surface area contributed by atoms with E-state index in [1.54, 1.807) is 17.6 Å². The Morgan fingerprint density at radius 2 is 2.45 bits per heavy atom. The van der Waals surface area contributed by atoms with Crippen LogP contribution in [0.3, 0.4) is 0 Å². The van der Waals surface area contributed by atoms with Crippen LogP contribution < -0.4 is 0 Å². The topological polar surface area (TPSA) is 12.4 Å². The smallest absolute Gasteiger partial charge is 0.0765 e. The van der Waals surface area contributed by atoms with Crippen molar-refractivity contribution in [3.8, 4) is 0 Å². The monoisotopic (exact) mass is 165 g/mol. The van der Waals surface area contributed by atoms with Crippen LogP contribution in [0.25, 0.3) is 0 Å². The molecule has 1 heterocycles. The van der Waals surface area contributed by atoms with Gasteiger partial charge in [-0.3, -0.25) is 4.99 Å². The molecular weight excluding hydrogens is 154 g/mol. The van der Waals surface area contributed by atoms with Gasteiger partial charge >= 0.3 is 0 Å². The quantitative estimate of drug-likeness (QED) is 0.596. The molecule has 1 aromatic rings. The van der Waals surface area contributed by atoms with Gasteiger partial charge in [0.1, 0.15) is 0 Å². The Kier molecular flexibility index (Phi) is 2.60. The molecule has 0 radical (unpaired) electrons. The van der Waals surface area contributed by atoms with Crippen LogP contribution in [-0.2, 0) is 0 Å². The normalized spacial score (nSPS) is 10.7. The maximum Gasteiger partial charge on any atom is 0.0765 e. The molecule has 0 saturated heterocycles. The summed E-state index contributed by atoms with van der Waals surface area (Å²) in [7, 11) is 0. The van der Waals surface area contributed by atoms with Gasteiger partial charge in [-0.2, -0.15) is 0 Å². The van der Waals surface area contributed by atoms with E-state index in [0.717, 1.165) is 11.3 Å². The fourth-order valence-electron chi connectivity index (χ4n) is 0.692. The zero-order chi connectivity index (χ0) is 8.27. The van der Waals surface area contributed by atoms with Crippen molar-refractivity contribution in [2.45, 2.75) is 13.8 Å². The minimum absolute atomic E-state index is 0.982. The molecule has 1 aromatic heterocycles. The van der Waals surface area contributed by atoms with Crippen molar-refractivity contribution in [2.24, 2.45) is 4.99 Å². The molecule has 58 valence electrons. The van der Waals surface area contributed by atoms with E-state index < -0.39 is 0 Å². The number of hydrogen-bond donors (Lipinski definition) is 0.